The molecule has 1 aliphatic heterocycles. The molecule has 32 heavy (non-hydrogen) atoms. The van der Waals surface area contributed by atoms with Gasteiger partial charge in [-0.3, -0.25) is 4.79 Å². The third kappa shape index (κ3) is 3.14. The molecule has 2 aliphatic carbocycles. The normalized spacial score (nSPS) is 27.4. The van der Waals surface area contributed by atoms with E-state index < -0.39 is 0 Å². The summed E-state index contributed by atoms with van der Waals surface area (Å²) in [4.78, 5) is 13.1. The van der Waals surface area contributed by atoms with Crippen LogP contribution in [0.2, 0.25) is 0 Å². The van der Waals surface area contributed by atoms with E-state index in [0.717, 1.165) is 23.1 Å². The Balaban J connectivity index is 1.34. The maximum Gasteiger partial charge on any atom is 0.255 e. The fourth-order valence-corrected chi connectivity index (χ4v) is 6.64. The first-order valence-corrected chi connectivity index (χ1v) is 11.9. The Labute approximate surface area is 190 Å². The molecule has 2 fully saturated rings. The maximum absolute atomic E-state index is 13.1. The van der Waals surface area contributed by atoms with Gasteiger partial charge in [0, 0.05) is 16.9 Å². The highest BCUT2D eigenvalue weighted by atomic mass is 16.1. The molecule has 3 heteroatoms. The van der Waals surface area contributed by atoms with Crippen molar-refractivity contribution < 1.29 is 4.79 Å². The topological polar surface area (TPSA) is 41.1 Å². The molecule has 3 aromatic rings. The van der Waals surface area contributed by atoms with Gasteiger partial charge in [-0.15, -0.1) is 0 Å². The number of anilines is 2. The molecule has 3 aromatic carbocycles. The molecule has 1 heterocycles. The lowest BCUT2D eigenvalue weighted by atomic mass is 9.68. The van der Waals surface area contributed by atoms with Gasteiger partial charge in [0.05, 0.1) is 6.04 Å². The Kier molecular flexibility index (Phi) is 4.60. The average Bonchev–Trinajstić information content (AvgIpc) is 3.44. The minimum atomic E-state index is -0.0269. The molecule has 1 amide bonds. The van der Waals surface area contributed by atoms with E-state index in [1.165, 1.54) is 47.2 Å². The molecule has 2 saturated carbocycles. The molecule has 5 atom stereocenters. The molecule has 3 aliphatic rings. The molecule has 2 bridgehead atoms. The van der Waals surface area contributed by atoms with Crippen molar-refractivity contribution in [1.29, 1.82) is 0 Å². The minimum Gasteiger partial charge on any atom is -0.378 e. The van der Waals surface area contributed by atoms with E-state index in [2.05, 4.69) is 73.0 Å². The average molecular weight is 423 g/mol. The number of benzene rings is 3. The maximum atomic E-state index is 13.1. The predicted octanol–water partition coefficient (Wildman–Crippen LogP) is 6.85. The zero-order valence-corrected chi connectivity index (χ0v) is 18.8. The van der Waals surface area contributed by atoms with E-state index in [-0.39, 0.29) is 5.91 Å². The molecule has 3 nitrogen and oxygen atoms in total. The Bertz CT molecular complexity index is 1190. The summed E-state index contributed by atoms with van der Waals surface area (Å²) in [5.41, 5.74) is 7.97. The SMILES string of the molecule is Cc1ccc(NC(=O)c2ccc3c(c2)[C@H]2[C@@H]4CC[C@@H](C4)[C@H]2[C@H](c2ccccc2)N3)cc1C. The van der Waals surface area contributed by atoms with Gasteiger partial charge < -0.3 is 10.6 Å². The first-order chi connectivity index (χ1) is 15.6. The Morgan fingerprint density at radius 2 is 1.72 bits per heavy atom. The fourth-order valence-electron chi connectivity index (χ4n) is 6.64. The largest absolute Gasteiger partial charge is 0.378 e. The number of amides is 1. The van der Waals surface area contributed by atoms with Crippen molar-refractivity contribution >= 4 is 17.3 Å². The Morgan fingerprint density at radius 1 is 0.906 bits per heavy atom. The number of hydrogen-bond acceptors (Lipinski definition) is 2. The van der Waals surface area contributed by atoms with Gasteiger partial charge in [0.2, 0.25) is 0 Å². The second-order valence-corrected chi connectivity index (χ2v) is 10.0. The van der Waals surface area contributed by atoms with Crippen LogP contribution in [0.25, 0.3) is 0 Å². The zero-order valence-electron chi connectivity index (χ0n) is 18.8. The summed E-state index contributed by atoms with van der Waals surface area (Å²) in [5.74, 6) is 2.66. The highest BCUT2D eigenvalue weighted by molar-refractivity contribution is 6.04. The van der Waals surface area contributed by atoms with Gasteiger partial charge in [-0.1, -0.05) is 36.4 Å². The molecule has 6 rings (SSSR count). The summed E-state index contributed by atoms with van der Waals surface area (Å²) >= 11 is 0. The number of fused-ring (bicyclic) bond motifs is 7. The highest BCUT2D eigenvalue weighted by Gasteiger charge is 2.53. The number of carbonyl (C=O) groups is 1. The summed E-state index contributed by atoms with van der Waals surface area (Å²) in [7, 11) is 0. The van der Waals surface area contributed by atoms with Crippen LogP contribution in [0, 0.1) is 31.6 Å². The first-order valence-electron chi connectivity index (χ1n) is 11.9. The van der Waals surface area contributed by atoms with Crippen LogP contribution in [0.4, 0.5) is 11.4 Å². The van der Waals surface area contributed by atoms with Crippen molar-refractivity contribution in [1.82, 2.24) is 0 Å². The molecule has 0 spiro atoms. The van der Waals surface area contributed by atoms with Gasteiger partial charge in [-0.05, 0) is 109 Å². The van der Waals surface area contributed by atoms with Crippen molar-refractivity contribution in [3.8, 4) is 0 Å². The van der Waals surface area contributed by atoms with Crippen LogP contribution in [-0.2, 0) is 0 Å². The summed E-state index contributed by atoms with van der Waals surface area (Å²) in [5, 5.41) is 6.97. The fraction of sp³-hybridized carbons (Fsp3) is 0.345. The Hall–Kier alpha value is -3.07. The van der Waals surface area contributed by atoms with E-state index in [1.54, 1.807) is 0 Å². The van der Waals surface area contributed by atoms with Gasteiger partial charge in [-0.25, -0.2) is 0 Å². The quantitative estimate of drug-likeness (QED) is 0.484. The molecule has 0 unspecified atom stereocenters. The van der Waals surface area contributed by atoms with Crippen LogP contribution in [-0.4, -0.2) is 5.91 Å². The van der Waals surface area contributed by atoms with Crippen molar-refractivity contribution in [2.24, 2.45) is 17.8 Å². The van der Waals surface area contributed by atoms with E-state index in [1.807, 2.05) is 18.2 Å². The number of carbonyl (C=O) groups excluding carboxylic acids is 1. The smallest absolute Gasteiger partial charge is 0.255 e. The number of rotatable bonds is 3. The van der Waals surface area contributed by atoms with Crippen LogP contribution >= 0.6 is 0 Å². The van der Waals surface area contributed by atoms with Crippen LogP contribution in [0.15, 0.2) is 66.7 Å². The Morgan fingerprint density at radius 3 is 2.53 bits per heavy atom. The van der Waals surface area contributed by atoms with Crippen LogP contribution < -0.4 is 10.6 Å². The number of nitrogens with one attached hydrogen (secondary N) is 2. The third-order valence-corrected chi connectivity index (χ3v) is 8.27. The van der Waals surface area contributed by atoms with E-state index in [9.17, 15) is 4.79 Å². The van der Waals surface area contributed by atoms with Gasteiger partial charge in [-0.2, -0.15) is 0 Å². The second kappa shape index (κ2) is 7.51. The lowest BCUT2D eigenvalue weighted by molar-refractivity contribution is 0.102. The van der Waals surface area contributed by atoms with Gasteiger partial charge >= 0.3 is 0 Å². The number of hydrogen-bond donors (Lipinski definition) is 2. The van der Waals surface area contributed by atoms with Crippen molar-refractivity contribution in [2.45, 2.75) is 45.1 Å². The standard InChI is InChI=1S/C29H30N2O/c1-17-8-12-23(14-18(17)2)30-29(32)22-11-13-25-24(16-22)26-20-9-10-21(15-20)27(26)28(31-25)19-6-4-3-5-7-19/h3-8,11-14,16,20-21,26-28,31H,9-10,15H2,1-2H3,(H,30,32)/t20-,21+,26-,27-,28+/m1/s1. The minimum absolute atomic E-state index is 0.0269. The van der Waals surface area contributed by atoms with E-state index in [4.69, 9.17) is 0 Å². The van der Waals surface area contributed by atoms with Crippen LogP contribution in [0.3, 0.4) is 0 Å². The second-order valence-electron chi connectivity index (χ2n) is 10.0. The van der Waals surface area contributed by atoms with Crippen molar-refractivity contribution in [3.05, 3.63) is 94.5 Å². The molecular formula is C29H30N2O. The number of aryl methyl sites for hydroxylation is 2. The van der Waals surface area contributed by atoms with Crippen LogP contribution in [0.5, 0.6) is 0 Å². The predicted molar refractivity (Wildman–Crippen MR) is 130 cm³/mol. The van der Waals surface area contributed by atoms with E-state index >= 15 is 0 Å². The van der Waals surface area contributed by atoms with Crippen LogP contribution in [0.1, 0.15) is 63.8 Å². The molecule has 0 aromatic heterocycles. The summed E-state index contributed by atoms with van der Waals surface area (Å²) in [6, 6.07) is 23.6. The van der Waals surface area contributed by atoms with Gasteiger partial charge in [0.25, 0.3) is 5.91 Å². The lowest BCUT2D eigenvalue weighted by Gasteiger charge is -2.43. The molecular weight excluding hydrogens is 392 g/mol. The first kappa shape index (κ1) is 19.6. The van der Waals surface area contributed by atoms with E-state index in [0.29, 0.717) is 17.9 Å². The molecule has 162 valence electrons. The summed E-state index contributed by atoms with van der Waals surface area (Å²) in [6.07, 6.45) is 4.00. The third-order valence-electron chi connectivity index (χ3n) is 8.27. The lowest BCUT2D eigenvalue weighted by Crippen LogP contribution is -2.35. The van der Waals surface area contributed by atoms with Gasteiger partial charge in [0.1, 0.15) is 0 Å². The van der Waals surface area contributed by atoms with Crippen molar-refractivity contribution in [2.75, 3.05) is 10.6 Å². The summed E-state index contributed by atoms with van der Waals surface area (Å²) in [6.45, 7) is 4.17. The highest BCUT2D eigenvalue weighted by Crippen LogP contribution is 2.63. The molecule has 0 saturated heterocycles. The zero-order chi connectivity index (χ0) is 21.8. The van der Waals surface area contributed by atoms with Gasteiger partial charge in [0.15, 0.2) is 0 Å². The van der Waals surface area contributed by atoms with Crippen molar-refractivity contribution in [3.63, 3.8) is 0 Å². The monoisotopic (exact) mass is 422 g/mol. The molecule has 0 radical (unpaired) electrons. The summed E-state index contributed by atoms with van der Waals surface area (Å²) < 4.78 is 0. The molecule has 2 N–H and O–H groups in total.